The molecule has 1 amide bonds. The number of carbonyl (C=O) groups is 1. The molecule has 1 heterocycles. The number of aromatic nitrogens is 2. The largest absolute Gasteiger partial charge is 0.497 e. The lowest BCUT2D eigenvalue weighted by atomic mass is 10.2. The van der Waals surface area contributed by atoms with E-state index in [1.807, 2.05) is 19.0 Å². The van der Waals surface area contributed by atoms with Crippen molar-refractivity contribution >= 4 is 17.3 Å². The highest BCUT2D eigenvalue weighted by Crippen LogP contribution is 2.30. The maximum atomic E-state index is 13.6. The molecular weight excluding hydrogens is 498 g/mol. The summed E-state index contributed by atoms with van der Waals surface area (Å²) in [5.41, 5.74) is 1.41. The van der Waals surface area contributed by atoms with E-state index < -0.39 is 5.56 Å². The number of nitrogens with one attached hydrogen (secondary N) is 2. The van der Waals surface area contributed by atoms with E-state index in [0.29, 0.717) is 40.7 Å². The van der Waals surface area contributed by atoms with Crippen molar-refractivity contribution in [2.45, 2.75) is 0 Å². The molecule has 0 bridgehead atoms. The van der Waals surface area contributed by atoms with Gasteiger partial charge < -0.3 is 29.7 Å². The molecule has 0 aliphatic rings. The van der Waals surface area contributed by atoms with E-state index in [4.69, 9.17) is 14.2 Å². The summed E-state index contributed by atoms with van der Waals surface area (Å²) >= 11 is 0. The standard InChI is InChI=1S/C29H31N5O5/c1-33(2)17-16-30-28(35)20-8-10-21(11-9-20)32-27-26(39-25-7-5-6-24(18-25)38-4)19-31-34(29(27)36)22-12-14-23(37-3)15-13-22/h5-15,18-19,32H,16-17H2,1-4H3,(H,30,35). The number of ether oxygens (including phenoxy) is 3. The molecule has 10 heteroatoms. The zero-order chi connectivity index (χ0) is 27.8. The van der Waals surface area contributed by atoms with Crippen LogP contribution in [0.25, 0.3) is 5.69 Å². The maximum Gasteiger partial charge on any atom is 0.299 e. The molecule has 0 spiro atoms. The summed E-state index contributed by atoms with van der Waals surface area (Å²) in [6.07, 6.45) is 1.47. The van der Waals surface area contributed by atoms with Crippen molar-refractivity contribution in [3.8, 4) is 28.7 Å². The van der Waals surface area contributed by atoms with Crippen LogP contribution in [0.1, 0.15) is 10.4 Å². The Morgan fingerprint density at radius 1 is 0.923 bits per heavy atom. The maximum absolute atomic E-state index is 13.6. The van der Waals surface area contributed by atoms with Crippen molar-refractivity contribution in [3.63, 3.8) is 0 Å². The van der Waals surface area contributed by atoms with Gasteiger partial charge in [-0.1, -0.05) is 6.07 Å². The fourth-order valence-electron chi connectivity index (χ4n) is 3.67. The van der Waals surface area contributed by atoms with Crippen molar-refractivity contribution in [1.82, 2.24) is 20.0 Å². The van der Waals surface area contributed by atoms with Crippen LogP contribution >= 0.6 is 0 Å². The van der Waals surface area contributed by atoms with Gasteiger partial charge >= 0.3 is 0 Å². The number of methoxy groups -OCH3 is 2. The van der Waals surface area contributed by atoms with Crippen LogP contribution in [0.3, 0.4) is 0 Å². The molecule has 202 valence electrons. The molecule has 2 N–H and O–H groups in total. The quantitative estimate of drug-likeness (QED) is 0.299. The van der Waals surface area contributed by atoms with Crippen LogP contribution in [-0.2, 0) is 0 Å². The number of benzene rings is 3. The zero-order valence-corrected chi connectivity index (χ0v) is 22.3. The van der Waals surface area contributed by atoms with Crippen LogP contribution in [0, 0.1) is 0 Å². The molecule has 4 aromatic rings. The first-order chi connectivity index (χ1) is 18.9. The van der Waals surface area contributed by atoms with E-state index in [2.05, 4.69) is 15.7 Å². The van der Waals surface area contributed by atoms with E-state index in [1.54, 1.807) is 87.0 Å². The van der Waals surface area contributed by atoms with Crippen LogP contribution < -0.4 is 30.4 Å². The van der Waals surface area contributed by atoms with Gasteiger partial charge in [0, 0.05) is 30.4 Å². The summed E-state index contributed by atoms with van der Waals surface area (Å²) in [7, 11) is 7.03. The summed E-state index contributed by atoms with van der Waals surface area (Å²) in [5, 5.41) is 10.4. The lowest BCUT2D eigenvalue weighted by Crippen LogP contribution is -2.31. The molecule has 0 radical (unpaired) electrons. The van der Waals surface area contributed by atoms with Crippen molar-refractivity contribution in [1.29, 1.82) is 0 Å². The van der Waals surface area contributed by atoms with E-state index in [1.165, 1.54) is 10.9 Å². The second-order valence-corrected chi connectivity index (χ2v) is 8.84. The molecule has 0 atom stereocenters. The Balaban J connectivity index is 1.65. The highest BCUT2D eigenvalue weighted by atomic mass is 16.5. The molecular formula is C29H31N5O5. The molecule has 3 aromatic carbocycles. The number of nitrogens with zero attached hydrogens (tertiary/aromatic N) is 3. The van der Waals surface area contributed by atoms with E-state index in [9.17, 15) is 9.59 Å². The smallest absolute Gasteiger partial charge is 0.299 e. The molecule has 10 nitrogen and oxygen atoms in total. The summed E-state index contributed by atoms with van der Waals surface area (Å²) in [6.45, 7) is 1.28. The van der Waals surface area contributed by atoms with Gasteiger partial charge in [-0.05, 0) is 74.8 Å². The van der Waals surface area contributed by atoms with Crippen LogP contribution in [0.2, 0.25) is 0 Å². The molecule has 0 unspecified atom stereocenters. The van der Waals surface area contributed by atoms with E-state index in [-0.39, 0.29) is 17.3 Å². The summed E-state index contributed by atoms with van der Waals surface area (Å²) < 4.78 is 17.8. The third-order valence-electron chi connectivity index (χ3n) is 5.79. The van der Waals surface area contributed by atoms with Crippen molar-refractivity contribution < 1.29 is 19.0 Å². The van der Waals surface area contributed by atoms with Gasteiger partial charge in [0.2, 0.25) is 0 Å². The normalized spacial score (nSPS) is 10.7. The number of amides is 1. The minimum absolute atomic E-state index is 0.170. The Morgan fingerprint density at radius 2 is 1.62 bits per heavy atom. The van der Waals surface area contributed by atoms with Crippen LogP contribution in [0.15, 0.2) is 83.8 Å². The monoisotopic (exact) mass is 529 g/mol. The number of anilines is 2. The van der Waals surface area contributed by atoms with Gasteiger partial charge in [-0.15, -0.1) is 0 Å². The predicted octanol–water partition coefficient (Wildman–Crippen LogP) is 4.08. The molecule has 0 saturated carbocycles. The second-order valence-electron chi connectivity index (χ2n) is 8.84. The third-order valence-corrected chi connectivity index (χ3v) is 5.79. The Bertz CT molecular complexity index is 1470. The average molecular weight is 530 g/mol. The van der Waals surface area contributed by atoms with Crippen LogP contribution in [0.4, 0.5) is 11.4 Å². The molecule has 0 fully saturated rings. The van der Waals surface area contributed by atoms with E-state index in [0.717, 1.165) is 6.54 Å². The molecule has 0 aliphatic heterocycles. The first kappa shape index (κ1) is 27.2. The van der Waals surface area contributed by atoms with Crippen molar-refractivity contribution in [2.24, 2.45) is 0 Å². The predicted molar refractivity (Wildman–Crippen MR) is 150 cm³/mol. The second kappa shape index (κ2) is 12.6. The number of likely N-dealkylation sites (N-methyl/N-ethyl adjacent to an activating group) is 1. The fourth-order valence-corrected chi connectivity index (χ4v) is 3.67. The topological polar surface area (TPSA) is 107 Å². The van der Waals surface area contributed by atoms with Gasteiger partial charge in [-0.2, -0.15) is 9.78 Å². The van der Waals surface area contributed by atoms with Gasteiger partial charge in [0.25, 0.3) is 11.5 Å². The van der Waals surface area contributed by atoms with Gasteiger partial charge in [-0.3, -0.25) is 9.59 Å². The summed E-state index contributed by atoms with van der Waals surface area (Å²) in [5.74, 6) is 1.81. The number of hydrogen-bond acceptors (Lipinski definition) is 8. The fraction of sp³-hybridized carbons (Fsp3) is 0.207. The lowest BCUT2D eigenvalue weighted by Gasteiger charge is -2.15. The van der Waals surface area contributed by atoms with Crippen molar-refractivity contribution in [2.75, 3.05) is 46.7 Å². The van der Waals surface area contributed by atoms with Crippen LogP contribution in [-0.4, -0.2) is 62.0 Å². The Hall–Kier alpha value is -4.83. The minimum Gasteiger partial charge on any atom is -0.497 e. The third kappa shape index (κ3) is 6.93. The van der Waals surface area contributed by atoms with Gasteiger partial charge in [0.05, 0.1) is 26.1 Å². The highest BCUT2D eigenvalue weighted by molar-refractivity contribution is 5.94. The highest BCUT2D eigenvalue weighted by Gasteiger charge is 2.16. The number of rotatable bonds is 11. The minimum atomic E-state index is -0.425. The average Bonchev–Trinajstić information content (AvgIpc) is 2.95. The first-order valence-electron chi connectivity index (χ1n) is 12.3. The zero-order valence-electron chi connectivity index (χ0n) is 22.3. The Kier molecular flexibility index (Phi) is 8.80. The van der Waals surface area contributed by atoms with Gasteiger partial charge in [0.1, 0.15) is 17.2 Å². The first-order valence-corrected chi connectivity index (χ1v) is 12.3. The van der Waals surface area contributed by atoms with Gasteiger partial charge in [0.15, 0.2) is 11.4 Å². The van der Waals surface area contributed by atoms with Crippen molar-refractivity contribution in [3.05, 3.63) is 94.9 Å². The molecule has 4 rings (SSSR count). The summed E-state index contributed by atoms with van der Waals surface area (Å²) in [4.78, 5) is 28.1. The summed E-state index contributed by atoms with van der Waals surface area (Å²) in [6, 6.07) is 20.9. The lowest BCUT2D eigenvalue weighted by molar-refractivity contribution is 0.0951. The molecule has 0 aliphatic carbocycles. The van der Waals surface area contributed by atoms with Crippen LogP contribution in [0.5, 0.6) is 23.0 Å². The van der Waals surface area contributed by atoms with E-state index >= 15 is 0 Å². The molecule has 0 saturated heterocycles. The number of carbonyl (C=O) groups excluding carboxylic acids is 1. The Labute approximate surface area is 226 Å². The van der Waals surface area contributed by atoms with Gasteiger partial charge in [-0.25, -0.2) is 0 Å². The SMILES string of the molecule is COc1ccc(-n2ncc(Oc3cccc(OC)c3)c(Nc3ccc(C(=O)NCCN(C)C)cc3)c2=O)cc1. The molecule has 1 aromatic heterocycles. The molecule has 39 heavy (non-hydrogen) atoms. The Morgan fingerprint density at radius 3 is 2.28 bits per heavy atom. The number of hydrogen-bond donors (Lipinski definition) is 2.